The lowest BCUT2D eigenvalue weighted by molar-refractivity contribution is 0.298. The molecule has 1 unspecified atom stereocenters. The highest BCUT2D eigenvalue weighted by molar-refractivity contribution is 6.30. The van der Waals surface area contributed by atoms with Crippen LogP contribution in [0.5, 0.6) is 5.75 Å². The van der Waals surface area contributed by atoms with Crippen LogP contribution in [0.15, 0.2) is 60.8 Å². The molecule has 126 valence electrons. The zero-order valence-corrected chi connectivity index (χ0v) is 14.0. The lowest BCUT2D eigenvalue weighted by atomic mass is 9.95. The van der Waals surface area contributed by atoms with Gasteiger partial charge in [-0.1, -0.05) is 35.9 Å². The van der Waals surface area contributed by atoms with Crippen molar-refractivity contribution >= 4 is 11.6 Å². The number of ether oxygens (including phenoxy) is 1. The quantitative estimate of drug-likeness (QED) is 0.689. The van der Waals surface area contributed by atoms with E-state index in [9.17, 15) is 9.50 Å². The van der Waals surface area contributed by atoms with Crippen molar-refractivity contribution in [3.05, 3.63) is 82.9 Å². The van der Waals surface area contributed by atoms with Gasteiger partial charge in [0.1, 0.15) is 17.2 Å². The number of halogens is 2. The van der Waals surface area contributed by atoms with Crippen molar-refractivity contribution in [1.29, 1.82) is 0 Å². The summed E-state index contributed by atoms with van der Waals surface area (Å²) in [6.07, 6.45) is 2.19. The van der Waals surface area contributed by atoms with Gasteiger partial charge in [-0.15, -0.1) is 0 Å². The molecule has 1 aliphatic rings. The van der Waals surface area contributed by atoms with E-state index in [1.54, 1.807) is 30.5 Å². The number of phenols is 1. The summed E-state index contributed by atoms with van der Waals surface area (Å²) in [5.74, 6) is -0.105. The van der Waals surface area contributed by atoms with Crippen LogP contribution >= 0.6 is 11.6 Å². The fraction of sp³-hybridized carbons (Fsp3) is 0.150. The van der Waals surface area contributed by atoms with Crippen LogP contribution in [0.3, 0.4) is 0 Å². The van der Waals surface area contributed by atoms with Crippen LogP contribution in [0.4, 0.5) is 4.39 Å². The molecule has 1 atom stereocenters. The van der Waals surface area contributed by atoms with Crippen molar-refractivity contribution in [2.75, 3.05) is 6.61 Å². The molecule has 2 aromatic carbocycles. The highest BCUT2D eigenvalue weighted by atomic mass is 35.5. The molecule has 25 heavy (non-hydrogen) atoms. The van der Waals surface area contributed by atoms with Crippen LogP contribution < -0.4 is 0 Å². The predicted octanol–water partition coefficient (Wildman–Crippen LogP) is 4.71. The van der Waals surface area contributed by atoms with Crippen LogP contribution in [0.25, 0.3) is 11.1 Å². The van der Waals surface area contributed by atoms with Gasteiger partial charge in [0.25, 0.3) is 0 Å². The van der Waals surface area contributed by atoms with Crippen molar-refractivity contribution in [1.82, 2.24) is 4.98 Å². The fourth-order valence-corrected chi connectivity index (χ4v) is 3.05. The summed E-state index contributed by atoms with van der Waals surface area (Å²) < 4.78 is 19.7. The Balaban J connectivity index is 1.58. The maximum atomic E-state index is 14.1. The molecule has 0 radical (unpaired) electrons. The van der Waals surface area contributed by atoms with E-state index in [0.29, 0.717) is 23.6 Å². The smallest absolute Gasteiger partial charge is 0.137 e. The number of aromatic nitrogens is 1. The summed E-state index contributed by atoms with van der Waals surface area (Å²) in [5.41, 5.74) is 2.68. The number of epoxide rings is 1. The first-order chi connectivity index (χ1) is 12.1. The Hall–Kier alpha value is -2.43. The van der Waals surface area contributed by atoms with Crippen LogP contribution in [0, 0.1) is 5.82 Å². The molecule has 4 rings (SSSR count). The summed E-state index contributed by atoms with van der Waals surface area (Å²) in [5, 5.41) is 9.75. The first kappa shape index (κ1) is 16.1. The highest BCUT2D eigenvalue weighted by Gasteiger charge is 2.48. The van der Waals surface area contributed by atoms with Gasteiger partial charge in [-0.25, -0.2) is 4.39 Å². The second-order valence-corrected chi connectivity index (χ2v) is 6.61. The number of hydrogen-bond acceptors (Lipinski definition) is 3. The van der Waals surface area contributed by atoms with Gasteiger partial charge in [0.05, 0.1) is 12.3 Å². The Bertz CT molecular complexity index is 906. The molecule has 0 spiro atoms. The monoisotopic (exact) mass is 355 g/mol. The van der Waals surface area contributed by atoms with Crippen molar-refractivity contribution in [2.24, 2.45) is 0 Å². The fourth-order valence-electron chi connectivity index (χ4n) is 2.89. The molecule has 1 aromatic heterocycles. The molecule has 5 heteroatoms. The van der Waals surface area contributed by atoms with Gasteiger partial charge >= 0.3 is 0 Å². The average molecular weight is 356 g/mol. The Morgan fingerprint density at radius 1 is 1.08 bits per heavy atom. The maximum Gasteiger partial charge on any atom is 0.137 e. The second-order valence-electron chi connectivity index (χ2n) is 6.17. The SMILES string of the molecule is Oc1ccc(-c2ccc(C3(Cc4ccc(Cl)cc4F)CO3)nc2)cc1. The predicted molar refractivity (Wildman–Crippen MR) is 94.1 cm³/mol. The zero-order chi connectivity index (χ0) is 17.4. The lowest BCUT2D eigenvalue weighted by Crippen LogP contribution is -2.15. The third-order valence-electron chi connectivity index (χ3n) is 4.41. The van der Waals surface area contributed by atoms with Gasteiger partial charge in [0.2, 0.25) is 0 Å². The molecule has 1 saturated heterocycles. The molecule has 0 saturated carbocycles. The van der Waals surface area contributed by atoms with Crippen molar-refractivity contribution < 1.29 is 14.2 Å². The summed E-state index contributed by atoms with van der Waals surface area (Å²) in [6, 6.07) is 15.5. The molecule has 3 aromatic rings. The van der Waals surface area contributed by atoms with Gasteiger partial charge in [-0.05, 0) is 41.5 Å². The van der Waals surface area contributed by atoms with E-state index in [1.165, 1.54) is 6.07 Å². The van der Waals surface area contributed by atoms with E-state index >= 15 is 0 Å². The third kappa shape index (κ3) is 3.23. The molecule has 1 N–H and O–H groups in total. The molecular weight excluding hydrogens is 341 g/mol. The summed E-state index contributed by atoms with van der Waals surface area (Å²) >= 11 is 5.81. The molecule has 1 fully saturated rings. The molecule has 0 amide bonds. The normalized spacial score (nSPS) is 19.0. The van der Waals surface area contributed by atoms with E-state index in [2.05, 4.69) is 4.98 Å². The number of nitrogens with zero attached hydrogens (tertiary/aromatic N) is 1. The van der Waals surface area contributed by atoms with Crippen LogP contribution in [-0.2, 0) is 16.8 Å². The van der Waals surface area contributed by atoms with Crippen LogP contribution in [0.1, 0.15) is 11.3 Å². The number of benzene rings is 2. The molecule has 1 aliphatic heterocycles. The first-order valence-electron chi connectivity index (χ1n) is 7.90. The maximum absolute atomic E-state index is 14.1. The van der Waals surface area contributed by atoms with E-state index in [0.717, 1.165) is 16.8 Å². The van der Waals surface area contributed by atoms with E-state index in [-0.39, 0.29) is 11.6 Å². The molecular formula is C20H15ClFNO2. The number of rotatable bonds is 4. The van der Waals surface area contributed by atoms with E-state index in [1.807, 2.05) is 24.3 Å². The van der Waals surface area contributed by atoms with Crippen molar-refractivity contribution in [3.63, 3.8) is 0 Å². The largest absolute Gasteiger partial charge is 0.508 e. The third-order valence-corrected chi connectivity index (χ3v) is 4.65. The molecule has 0 bridgehead atoms. The summed E-state index contributed by atoms with van der Waals surface area (Å²) in [6.45, 7) is 0.515. The Kier molecular flexibility index (Phi) is 3.94. The number of phenolic OH excluding ortho intramolecular Hbond substituents is 1. The van der Waals surface area contributed by atoms with Gasteiger partial charge in [-0.3, -0.25) is 4.98 Å². The van der Waals surface area contributed by atoms with Crippen molar-refractivity contribution in [2.45, 2.75) is 12.0 Å². The summed E-state index contributed by atoms with van der Waals surface area (Å²) in [4.78, 5) is 4.52. The van der Waals surface area contributed by atoms with Crippen LogP contribution in [0.2, 0.25) is 5.02 Å². The Morgan fingerprint density at radius 3 is 2.40 bits per heavy atom. The molecule has 2 heterocycles. The number of hydrogen-bond donors (Lipinski definition) is 1. The average Bonchev–Trinajstić information content (AvgIpc) is 3.39. The van der Waals surface area contributed by atoms with Crippen LogP contribution in [-0.4, -0.2) is 16.7 Å². The van der Waals surface area contributed by atoms with Gasteiger partial charge in [0, 0.05) is 23.2 Å². The van der Waals surface area contributed by atoms with Crippen molar-refractivity contribution in [3.8, 4) is 16.9 Å². The first-order valence-corrected chi connectivity index (χ1v) is 8.27. The summed E-state index contributed by atoms with van der Waals surface area (Å²) in [7, 11) is 0. The topological polar surface area (TPSA) is 45.6 Å². The Labute approximate surface area is 149 Å². The van der Waals surface area contributed by atoms with Gasteiger partial charge < -0.3 is 9.84 Å². The van der Waals surface area contributed by atoms with E-state index < -0.39 is 5.60 Å². The zero-order valence-electron chi connectivity index (χ0n) is 13.2. The number of aromatic hydroxyl groups is 1. The minimum absolute atomic E-state index is 0.226. The Morgan fingerprint density at radius 2 is 1.80 bits per heavy atom. The molecule has 3 nitrogen and oxygen atoms in total. The molecule has 0 aliphatic carbocycles. The standard InChI is InChI=1S/C20H15ClFNO2/c21-16-5-1-14(18(22)9-16)10-20(12-25-20)19-8-4-15(11-23-19)13-2-6-17(24)7-3-13/h1-9,11,24H,10,12H2. The number of pyridine rings is 1. The van der Waals surface area contributed by atoms with E-state index in [4.69, 9.17) is 16.3 Å². The van der Waals surface area contributed by atoms with Gasteiger partial charge in [0.15, 0.2) is 0 Å². The lowest BCUT2D eigenvalue weighted by Gasteiger charge is -2.13. The minimum atomic E-state index is -0.567. The second kappa shape index (κ2) is 6.14. The van der Waals surface area contributed by atoms with Gasteiger partial charge in [-0.2, -0.15) is 0 Å². The highest BCUT2D eigenvalue weighted by Crippen LogP contribution is 2.41. The minimum Gasteiger partial charge on any atom is -0.508 e.